The Morgan fingerprint density at radius 1 is 0.857 bits per heavy atom. The van der Waals surface area contributed by atoms with Crippen LogP contribution in [-0.4, -0.2) is 0 Å². The quantitative estimate of drug-likeness (QED) is 0.541. The highest BCUT2D eigenvalue weighted by Gasteiger charge is 2.69. The van der Waals surface area contributed by atoms with Crippen molar-refractivity contribution < 1.29 is 0 Å². The lowest BCUT2D eigenvalue weighted by molar-refractivity contribution is 0.0767. The lowest BCUT2D eigenvalue weighted by Gasteiger charge is -2.44. The molecule has 5 heteroatoms. The molecule has 0 amide bonds. The van der Waals surface area contributed by atoms with Gasteiger partial charge in [-0.15, -0.1) is 0 Å². The maximum absolute atomic E-state index is 8.81. The normalized spacial score (nSPS) is 24.9. The fourth-order valence-electron chi connectivity index (χ4n) is 1.59. The molecule has 1 unspecified atom stereocenters. The summed E-state index contributed by atoms with van der Waals surface area (Å²) >= 11 is 0. The molecule has 1 aliphatic rings. The van der Waals surface area contributed by atoms with E-state index in [0.29, 0.717) is 0 Å². The van der Waals surface area contributed by atoms with Crippen LogP contribution in [0.4, 0.5) is 0 Å². The maximum atomic E-state index is 8.81. The molecule has 0 spiro atoms. The Bertz CT molecular complexity index is 442. The summed E-state index contributed by atoms with van der Waals surface area (Å²) in [5, 5.41) is 43.8. The van der Waals surface area contributed by atoms with Gasteiger partial charge in [0.2, 0.25) is 0 Å². The van der Waals surface area contributed by atoms with Crippen molar-refractivity contribution in [3.63, 3.8) is 0 Å². The molecule has 1 rings (SSSR count). The lowest BCUT2D eigenvalue weighted by atomic mass is 9.46. The van der Waals surface area contributed by atoms with Gasteiger partial charge in [-0.25, -0.2) is 0 Å². The Labute approximate surface area is 80.6 Å². The number of rotatable bonds is 0. The maximum Gasteiger partial charge on any atom is 0.191 e. The zero-order valence-electron chi connectivity index (χ0n) is 7.02. The minimum atomic E-state index is -1.79. The predicted molar refractivity (Wildman–Crippen MR) is 41.0 cm³/mol. The summed E-state index contributed by atoms with van der Waals surface area (Å²) in [5.41, 5.74) is -3.43. The molecule has 0 aromatic carbocycles. The molecule has 14 heavy (non-hydrogen) atoms. The molecule has 1 aliphatic carbocycles. The lowest BCUT2D eigenvalue weighted by Crippen LogP contribution is -2.55. The van der Waals surface area contributed by atoms with Gasteiger partial charge in [0.05, 0.1) is 36.3 Å². The van der Waals surface area contributed by atoms with Crippen LogP contribution in [0, 0.1) is 73.4 Å². The topological polar surface area (TPSA) is 119 Å². The van der Waals surface area contributed by atoms with Crippen molar-refractivity contribution in [3.05, 3.63) is 0 Å². The standard InChI is InChI=1S/C9H3N5/c10-2-7-1-8(3-11,4-12)9(7,5-13)6-14/h7H,1H2. The van der Waals surface area contributed by atoms with E-state index >= 15 is 0 Å². The van der Waals surface area contributed by atoms with E-state index in [-0.39, 0.29) is 6.42 Å². The van der Waals surface area contributed by atoms with E-state index in [0.717, 1.165) is 0 Å². The fourth-order valence-corrected chi connectivity index (χ4v) is 1.59. The largest absolute Gasteiger partial charge is 0.198 e. The van der Waals surface area contributed by atoms with Gasteiger partial charge in [-0.3, -0.25) is 0 Å². The Morgan fingerprint density at radius 2 is 1.36 bits per heavy atom. The summed E-state index contributed by atoms with van der Waals surface area (Å²) in [5.74, 6) is -0.850. The van der Waals surface area contributed by atoms with Crippen LogP contribution in [0.1, 0.15) is 6.42 Å². The van der Waals surface area contributed by atoms with Gasteiger partial charge in [0.15, 0.2) is 10.8 Å². The summed E-state index contributed by atoms with van der Waals surface area (Å²) in [7, 11) is 0. The predicted octanol–water partition coefficient (Wildman–Crippen LogP) is 0.597. The molecule has 1 atom stereocenters. The number of hydrogen-bond acceptors (Lipinski definition) is 5. The number of nitrogens with zero attached hydrogens (tertiary/aromatic N) is 5. The average molecular weight is 181 g/mol. The Kier molecular flexibility index (Phi) is 1.87. The molecule has 0 aromatic rings. The SMILES string of the molecule is N#CC1CC(C#N)(C#N)C1(C#N)C#N. The molecular formula is C9H3N5. The van der Waals surface area contributed by atoms with E-state index in [9.17, 15) is 0 Å². The van der Waals surface area contributed by atoms with E-state index in [1.165, 1.54) is 0 Å². The van der Waals surface area contributed by atoms with Crippen LogP contribution >= 0.6 is 0 Å². The van der Waals surface area contributed by atoms with E-state index < -0.39 is 16.7 Å². The van der Waals surface area contributed by atoms with Crippen molar-refractivity contribution >= 4 is 0 Å². The molecule has 0 aromatic heterocycles. The first kappa shape index (κ1) is 9.54. The number of hydrogen-bond donors (Lipinski definition) is 0. The molecule has 0 radical (unpaired) electrons. The Hall–Kier alpha value is -2.55. The minimum Gasteiger partial charge on any atom is -0.198 e. The van der Waals surface area contributed by atoms with Crippen LogP contribution in [0.15, 0.2) is 0 Å². The van der Waals surface area contributed by atoms with Crippen LogP contribution in [0.3, 0.4) is 0 Å². The highest BCUT2D eigenvalue weighted by Crippen LogP contribution is 2.59. The van der Waals surface area contributed by atoms with Crippen LogP contribution in [-0.2, 0) is 0 Å². The molecule has 64 valence electrons. The van der Waals surface area contributed by atoms with E-state index in [1.54, 1.807) is 30.3 Å². The average Bonchev–Trinajstić information content (AvgIpc) is 2.21. The van der Waals surface area contributed by atoms with Crippen molar-refractivity contribution in [1.29, 1.82) is 26.3 Å². The van der Waals surface area contributed by atoms with Gasteiger partial charge < -0.3 is 0 Å². The highest BCUT2D eigenvalue weighted by atomic mass is 14.7. The minimum absolute atomic E-state index is 0.0301. The van der Waals surface area contributed by atoms with Gasteiger partial charge >= 0.3 is 0 Å². The molecule has 0 saturated heterocycles. The molecule has 5 nitrogen and oxygen atoms in total. The third kappa shape index (κ3) is 0.682. The zero-order chi connectivity index (χ0) is 10.8. The number of nitriles is 5. The van der Waals surface area contributed by atoms with Gasteiger partial charge in [0.1, 0.15) is 0 Å². The van der Waals surface area contributed by atoms with Crippen molar-refractivity contribution in [2.24, 2.45) is 16.7 Å². The summed E-state index contributed by atoms with van der Waals surface area (Å²) in [4.78, 5) is 0. The second-order valence-electron chi connectivity index (χ2n) is 3.05. The monoisotopic (exact) mass is 181 g/mol. The van der Waals surface area contributed by atoms with Crippen LogP contribution in [0.25, 0.3) is 0 Å². The van der Waals surface area contributed by atoms with Gasteiger partial charge in [0, 0.05) is 6.42 Å². The Balaban J connectivity index is 3.34. The summed E-state index contributed by atoms with van der Waals surface area (Å²) in [6.45, 7) is 0. The highest BCUT2D eigenvalue weighted by molar-refractivity contribution is 5.44. The summed E-state index contributed by atoms with van der Waals surface area (Å²) in [6.07, 6.45) is -0.0301. The molecule has 0 N–H and O–H groups in total. The molecule has 0 aliphatic heterocycles. The third-order valence-electron chi connectivity index (χ3n) is 2.60. The van der Waals surface area contributed by atoms with Gasteiger partial charge in [-0.2, -0.15) is 26.3 Å². The summed E-state index contributed by atoms with van der Waals surface area (Å²) in [6, 6.07) is 8.36. The van der Waals surface area contributed by atoms with Crippen molar-refractivity contribution in [2.75, 3.05) is 0 Å². The molecule has 1 fully saturated rings. The second kappa shape index (κ2) is 2.74. The first-order chi connectivity index (χ1) is 6.66. The van der Waals surface area contributed by atoms with Gasteiger partial charge in [-0.05, 0) is 0 Å². The fraction of sp³-hybridized carbons (Fsp3) is 0.444. The smallest absolute Gasteiger partial charge is 0.191 e. The first-order valence-corrected chi connectivity index (χ1v) is 3.71. The van der Waals surface area contributed by atoms with Crippen LogP contribution in [0.2, 0.25) is 0 Å². The summed E-state index contributed by atoms with van der Waals surface area (Å²) < 4.78 is 0. The first-order valence-electron chi connectivity index (χ1n) is 3.71. The van der Waals surface area contributed by atoms with Crippen molar-refractivity contribution in [2.45, 2.75) is 6.42 Å². The van der Waals surface area contributed by atoms with E-state index in [4.69, 9.17) is 26.3 Å². The van der Waals surface area contributed by atoms with Gasteiger partial charge in [-0.1, -0.05) is 0 Å². The molecular weight excluding hydrogens is 178 g/mol. The molecule has 0 bridgehead atoms. The third-order valence-corrected chi connectivity index (χ3v) is 2.60. The van der Waals surface area contributed by atoms with Gasteiger partial charge in [0.25, 0.3) is 0 Å². The molecule has 1 saturated carbocycles. The van der Waals surface area contributed by atoms with E-state index in [1.807, 2.05) is 0 Å². The van der Waals surface area contributed by atoms with Crippen LogP contribution in [0.5, 0.6) is 0 Å². The molecule has 0 heterocycles. The second-order valence-corrected chi connectivity index (χ2v) is 3.05. The van der Waals surface area contributed by atoms with E-state index in [2.05, 4.69) is 0 Å². The zero-order valence-corrected chi connectivity index (χ0v) is 7.02. The van der Waals surface area contributed by atoms with Crippen molar-refractivity contribution in [1.82, 2.24) is 0 Å². The van der Waals surface area contributed by atoms with Crippen LogP contribution < -0.4 is 0 Å². The van der Waals surface area contributed by atoms with Crippen molar-refractivity contribution in [3.8, 4) is 30.3 Å². The Morgan fingerprint density at radius 3 is 1.64 bits per heavy atom.